The Hall–Kier alpha value is -3.95. The lowest BCUT2D eigenvalue weighted by Crippen LogP contribution is -2.34. The van der Waals surface area contributed by atoms with Gasteiger partial charge in [0, 0.05) is 47.9 Å². The van der Waals surface area contributed by atoms with Crippen molar-refractivity contribution in [3.63, 3.8) is 0 Å². The lowest BCUT2D eigenvalue weighted by molar-refractivity contribution is -0.128. The number of rotatable bonds is 7. The number of halogens is 2. The molecule has 0 spiro atoms. The van der Waals surface area contributed by atoms with E-state index in [0.717, 1.165) is 16.5 Å². The van der Waals surface area contributed by atoms with Gasteiger partial charge in [-0.2, -0.15) is 0 Å². The van der Waals surface area contributed by atoms with Gasteiger partial charge in [-0.3, -0.25) is 9.59 Å². The molecule has 4 rings (SSSR count). The highest BCUT2D eigenvalue weighted by Crippen LogP contribution is 2.28. The number of amides is 2. The second-order valence-corrected chi connectivity index (χ2v) is 10.1. The monoisotopic (exact) mass is 568 g/mol. The predicted molar refractivity (Wildman–Crippen MR) is 157 cm³/mol. The third-order valence-corrected chi connectivity index (χ3v) is 6.13. The zero-order valence-corrected chi connectivity index (χ0v) is 23.8. The SMILES string of the molecule is CNc1nc(-c2ccc(OC)nc2)nc2cc(NC(=O)c3cc(CNC(=O)C(C)(C)C)ccc3Cl)ccc12.Cl. The third kappa shape index (κ3) is 6.93. The van der Waals surface area contributed by atoms with Crippen molar-refractivity contribution in [2.45, 2.75) is 27.3 Å². The summed E-state index contributed by atoms with van der Waals surface area (Å²) in [7, 11) is 3.34. The van der Waals surface area contributed by atoms with Gasteiger partial charge < -0.3 is 20.7 Å². The van der Waals surface area contributed by atoms with Gasteiger partial charge in [-0.1, -0.05) is 38.4 Å². The molecule has 2 aromatic heterocycles. The molecular weight excluding hydrogens is 539 g/mol. The summed E-state index contributed by atoms with van der Waals surface area (Å²) in [5.74, 6) is 1.16. The van der Waals surface area contributed by atoms with Crippen molar-refractivity contribution in [3.05, 3.63) is 70.9 Å². The normalized spacial score (nSPS) is 10.9. The molecule has 2 heterocycles. The van der Waals surface area contributed by atoms with Crippen LogP contribution in [0.1, 0.15) is 36.7 Å². The van der Waals surface area contributed by atoms with Crippen LogP contribution >= 0.6 is 24.0 Å². The summed E-state index contributed by atoms with van der Waals surface area (Å²) < 4.78 is 5.13. The van der Waals surface area contributed by atoms with Crippen LogP contribution in [-0.4, -0.2) is 40.9 Å². The number of hydrogen-bond acceptors (Lipinski definition) is 7. The predicted octanol–water partition coefficient (Wildman–Crippen LogP) is 5.73. The molecule has 39 heavy (non-hydrogen) atoms. The van der Waals surface area contributed by atoms with Crippen LogP contribution in [0.25, 0.3) is 22.3 Å². The maximum absolute atomic E-state index is 13.1. The number of aromatic nitrogens is 3. The second-order valence-electron chi connectivity index (χ2n) is 9.67. The quantitative estimate of drug-likeness (QED) is 0.260. The highest BCUT2D eigenvalue weighted by atomic mass is 35.5. The van der Waals surface area contributed by atoms with Crippen molar-refractivity contribution < 1.29 is 14.3 Å². The van der Waals surface area contributed by atoms with E-state index in [1.54, 1.807) is 56.8 Å². The van der Waals surface area contributed by atoms with Crippen LogP contribution < -0.4 is 20.7 Å². The molecule has 0 unspecified atom stereocenters. The maximum atomic E-state index is 13.1. The largest absolute Gasteiger partial charge is 0.481 e. The van der Waals surface area contributed by atoms with Gasteiger partial charge in [0.15, 0.2) is 5.82 Å². The van der Waals surface area contributed by atoms with Crippen LogP contribution in [0.15, 0.2) is 54.7 Å². The molecule has 204 valence electrons. The van der Waals surface area contributed by atoms with E-state index in [9.17, 15) is 9.59 Å². The number of pyridine rings is 1. The van der Waals surface area contributed by atoms with E-state index < -0.39 is 5.41 Å². The first-order valence-corrected chi connectivity index (χ1v) is 12.3. The lowest BCUT2D eigenvalue weighted by atomic mass is 9.95. The molecule has 0 saturated heterocycles. The summed E-state index contributed by atoms with van der Waals surface area (Å²) in [6, 6.07) is 14.1. The molecule has 0 radical (unpaired) electrons. The molecular formula is C28H30Cl2N6O3. The van der Waals surface area contributed by atoms with Gasteiger partial charge in [-0.15, -0.1) is 12.4 Å². The van der Waals surface area contributed by atoms with Crippen molar-refractivity contribution in [2.75, 3.05) is 24.8 Å². The number of nitrogens with one attached hydrogen (secondary N) is 3. The Labute approximate surface area is 238 Å². The Morgan fingerprint density at radius 3 is 2.44 bits per heavy atom. The lowest BCUT2D eigenvalue weighted by Gasteiger charge is -2.18. The number of carbonyl (C=O) groups is 2. The number of fused-ring (bicyclic) bond motifs is 1. The summed E-state index contributed by atoms with van der Waals surface area (Å²) >= 11 is 6.35. The molecule has 0 aliphatic heterocycles. The Kier molecular flexibility index (Phi) is 9.32. The Morgan fingerprint density at radius 2 is 1.79 bits per heavy atom. The fourth-order valence-electron chi connectivity index (χ4n) is 3.66. The smallest absolute Gasteiger partial charge is 0.257 e. The molecule has 11 heteroatoms. The summed E-state index contributed by atoms with van der Waals surface area (Å²) in [6.45, 7) is 5.81. The van der Waals surface area contributed by atoms with Gasteiger partial charge in [-0.05, 0) is 42.0 Å². The van der Waals surface area contributed by atoms with Crippen LogP contribution in [0.2, 0.25) is 5.02 Å². The fourth-order valence-corrected chi connectivity index (χ4v) is 3.87. The minimum absolute atomic E-state index is 0. The summed E-state index contributed by atoms with van der Waals surface area (Å²) in [4.78, 5) is 38.9. The highest BCUT2D eigenvalue weighted by Gasteiger charge is 2.21. The third-order valence-electron chi connectivity index (χ3n) is 5.80. The molecule has 3 N–H and O–H groups in total. The molecule has 0 aliphatic rings. The first kappa shape index (κ1) is 29.6. The fraction of sp³-hybridized carbons (Fsp3) is 0.250. The number of ether oxygens (including phenoxy) is 1. The zero-order chi connectivity index (χ0) is 27.4. The van der Waals surface area contributed by atoms with Gasteiger partial charge in [0.1, 0.15) is 5.82 Å². The van der Waals surface area contributed by atoms with E-state index in [1.165, 1.54) is 0 Å². The standard InChI is InChI=1S/C28H29ClN6O3.ClH/c1-28(2,3)27(37)32-14-16-6-10-21(29)20(12-16)26(36)33-18-8-9-19-22(13-18)34-24(35-25(19)30-4)17-7-11-23(38-5)31-15-17;/h6-13,15H,14H2,1-5H3,(H,32,37)(H,33,36)(H,30,34,35);1H. The average molecular weight is 569 g/mol. The summed E-state index contributed by atoms with van der Waals surface area (Å²) in [5.41, 5.74) is 2.46. The number of nitrogens with zero attached hydrogens (tertiary/aromatic N) is 3. The van der Waals surface area contributed by atoms with E-state index in [4.69, 9.17) is 21.3 Å². The van der Waals surface area contributed by atoms with Crippen molar-refractivity contribution in [2.24, 2.45) is 5.41 Å². The van der Waals surface area contributed by atoms with Crippen molar-refractivity contribution in [1.29, 1.82) is 0 Å². The number of hydrogen-bond donors (Lipinski definition) is 3. The van der Waals surface area contributed by atoms with Gasteiger partial charge in [0.25, 0.3) is 5.91 Å². The molecule has 0 aliphatic carbocycles. The Morgan fingerprint density at radius 1 is 1.03 bits per heavy atom. The van der Waals surface area contributed by atoms with Gasteiger partial charge in [0.05, 0.1) is 23.2 Å². The van der Waals surface area contributed by atoms with Crippen LogP contribution in [-0.2, 0) is 11.3 Å². The molecule has 4 aromatic rings. The molecule has 0 atom stereocenters. The van der Waals surface area contributed by atoms with Crippen molar-refractivity contribution in [3.8, 4) is 17.3 Å². The van der Waals surface area contributed by atoms with Crippen LogP contribution in [0, 0.1) is 5.41 Å². The van der Waals surface area contributed by atoms with Gasteiger partial charge in [0.2, 0.25) is 11.8 Å². The van der Waals surface area contributed by atoms with Gasteiger partial charge >= 0.3 is 0 Å². The summed E-state index contributed by atoms with van der Waals surface area (Å²) in [6.07, 6.45) is 1.64. The van der Waals surface area contributed by atoms with Crippen LogP contribution in [0.5, 0.6) is 5.88 Å². The summed E-state index contributed by atoms with van der Waals surface area (Å²) in [5, 5.41) is 9.99. The molecule has 9 nitrogen and oxygen atoms in total. The molecule has 0 bridgehead atoms. The van der Waals surface area contributed by atoms with E-state index in [-0.39, 0.29) is 30.8 Å². The number of methoxy groups -OCH3 is 1. The van der Waals surface area contributed by atoms with Crippen LogP contribution in [0.4, 0.5) is 11.5 Å². The second kappa shape index (κ2) is 12.3. The van der Waals surface area contributed by atoms with Crippen molar-refractivity contribution in [1.82, 2.24) is 20.3 Å². The van der Waals surface area contributed by atoms with Crippen molar-refractivity contribution >= 4 is 58.2 Å². The topological polar surface area (TPSA) is 118 Å². The van der Waals surface area contributed by atoms with E-state index in [0.29, 0.717) is 39.3 Å². The maximum Gasteiger partial charge on any atom is 0.257 e. The van der Waals surface area contributed by atoms with E-state index >= 15 is 0 Å². The number of benzene rings is 2. The highest BCUT2D eigenvalue weighted by molar-refractivity contribution is 6.34. The molecule has 0 fully saturated rings. The first-order valence-electron chi connectivity index (χ1n) is 12.0. The van der Waals surface area contributed by atoms with Crippen LogP contribution in [0.3, 0.4) is 0 Å². The minimum atomic E-state index is -0.511. The molecule has 2 aromatic carbocycles. The number of carbonyl (C=O) groups excluding carboxylic acids is 2. The zero-order valence-electron chi connectivity index (χ0n) is 22.3. The Bertz CT molecular complexity index is 1500. The van der Waals surface area contributed by atoms with E-state index in [1.807, 2.05) is 32.9 Å². The average Bonchev–Trinajstić information content (AvgIpc) is 2.91. The first-order chi connectivity index (χ1) is 18.1. The number of anilines is 2. The minimum Gasteiger partial charge on any atom is -0.481 e. The Balaban J connectivity index is 0.00000420. The van der Waals surface area contributed by atoms with Gasteiger partial charge in [-0.25, -0.2) is 15.0 Å². The molecule has 0 saturated carbocycles. The van der Waals surface area contributed by atoms with E-state index in [2.05, 4.69) is 25.9 Å². The molecule has 2 amide bonds.